The zero-order chi connectivity index (χ0) is 9.42. The monoisotopic (exact) mass is 178 g/mol. The summed E-state index contributed by atoms with van der Waals surface area (Å²) in [4.78, 5) is 4.42. The number of hydrogen-bond acceptors (Lipinski definition) is 3. The summed E-state index contributed by atoms with van der Waals surface area (Å²) in [6.45, 7) is 2.01. The number of aromatic nitrogens is 1. The fraction of sp³-hybridized carbons (Fsp3) is 0.500. The molecule has 70 valence electrons. The van der Waals surface area contributed by atoms with E-state index in [0.29, 0.717) is 0 Å². The smallest absolute Gasteiger partial charge is 0.216 e. The third-order valence-corrected chi connectivity index (χ3v) is 2.47. The first-order valence-corrected chi connectivity index (χ1v) is 4.49. The van der Waals surface area contributed by atoms with Crippen LogP contribution in [0.2, 0.25) is 0 Å². The summed E-state index contributed by atoms with van der Waals surface area (Å²) in [6.07, 6.45) is 1.83. The fourth-order valence-corrected chi connectivity index (χ4v) is 1.85. The first-order chi connectivity index (χ1) is 6.20. The van der Waals surface area contributed by atoms with E-state index in [2.05, 4.69) is 11.1 Å². The number of fused-ring (bicyclic) bond motifs is 1. The molecule has 2 N–H and O–H groups in total. The number of ether oxygens (including phenoxy) is 1. The van der Waals surface area contributed by atoms with Crippen LogP contribution in [0.1, 0.15) is 16.8 Å². The van der Waals surface area contributed by atoms with Crippen molar-refractivity contribution in [2.45, 2.75) is 25.8 Å². The molecule has 0 radical (unpaired) electrons. The Balaban J connectivity index is 2.44. The average molecular weight is 178 g/mol. The number of rotatable bonds is 1. The van der Waals surface area contributed by atoms with E-state index < -0.39 is 0 Å². The zero-order valence-corrected chi connectivity index (χ0v) is 8.00. The number of hydrogen-bond donors (Lipinski definition) is 1. The lowest BCUT2D eigenvalue weighted by Gasteiger charge is -2.05. The first kappa shape index (κ1) is 8.51. The normalized spacial score (nSPS) is 20.1. The Bertz CT molecular complexity index is 336. The van der Waals surface area contributed by atoms with E-state index in [4.69, 9.17) is 10.5 Å². The van der Waals surface area contributed by atoms with Crippen LogP contribution in [0.25, 0.3) is 0 Å². The molecule has 1 aromatic rings. The number of aryl methyl sites for hydroxylation is 1. The Morgan fingerprint density at radius 2 is 2.31 bits per heavy atom. The van der Waals surface area contributed by atoms with Gasteiger partial charge in [0.15, 0.2) is 0 Å². The summed E-state index contributed by atoms with van der Waals surface area (Å²) >= 11 is 0. The van der Waals surface area contributed by atoms with E-state index in [1.54, 1.807) is 7.11 Å². The molecular weight excluding hydrogens is 164 g/mol. The van der Waals surface area contributed by atoms with Gasteiger partial charge in [-0.15, -0.1) is 0 Å². The average Bonchev–Trinajstić information content (AvgIpc) is 2.42. The maximum atomic E-state index is 5.85. The van der Waals surface area contributed by atoms with Crippen LogP contribution in [-0.4, -0.2) is 18.1 Å². The van der Waals surface area contributed by atoms with Crippen molar-refractivity contribution in [3.8, 4) is 5.88 Å². The van der Waals surface area contributed by atoms with E-state index in [-0.39, 0.29) is 6.04 Å². The Morgan fingerprint density at radius 1 is 1.54 bits per heavy atom. The molecule has 0 bridgehead atoms. The van der Waals surface area contributed by atoms with Gasteiger partial charge in [0.2, 0.25) is 5.88 Å². The van der Waals surface area contributed by atoms with Crippen molar-refractivity contribution >= 4 is 0 Å². The van der Waals surface area contributed by atoms with Gasteiger partial charge in [-0.3, -0.25) is 0 Å². The molecule has 0 saturated carbocycles. The Labute approximate surface area is 77.9 Å². The van der Waals surface area contributed by atoms with Gasteiger partial charge in [0.1, 0.15) is 0 Å². The summed E-state index contributed by atoms with van der Waals surface area (Å²) < 4.78 is 5.15. The summed E-state index contributed by atoms with van der Waals surface area (Å²) in [5.74, 6) is 0.729. The first-order valence-electron chi connectivity index (χ1n) is 4.49. The third-order valence-electron chi connectivity index (χ3n) is 2.47. The van der Waals surface area contributed by atoms with Crippen LogP contribution in [0, 0.1) is 6.92 Å². The molecule has 1 aliphatic carbocycles. The number of nitrogens with zero attached hydrogens (tertiary/aromatic N) is 1. The standard InChI is InChI=1S/C10H14N2O/c1-6-3-7-4-8(11)5-9(7)12-10(6)13-2/h3,8H,4-5,11H2,1-2H3. The van der Waals surface area contributed by atoms with Crippen molar-refractivity contribution in [2.24, 2.45) is 5.73 Å². The van der Waals surface area contributed by atoms with Gasteiger partial charge >= 0.3 is 0 Å². The molecule has 1 heterocycles. The molecule has 0 aliphatic heterocycles. The fourth-order valence-electron chi connectivity index (χ4n) is 1.85. The minimum absolute atomic E-state index is 0.244. The van der Waals surface area contributed by atoms with E-state index in [9.17, 15) is 0 Å². The third kappa shape index (κ3) is 1.40. The molecule has 1 aliphatic rings. The summed E-state index contributed by atoms with van der Waals surface area (Å²) in [5, 5.41) is 0. The molecule has 0 fully saturated rings. The van der Waals surface area contributed by atoms with Crippen LogP contribution in [0.3, 0.4) is 0 Å². The molecular formula is C10H14N2O. The molecule has 0 aromatic carbocycles. The van der Waals surface area contributed by atoms with Crippen LogP contribution in [0.4, 0.5) is 0 Å². The highest BCUT2D eigenvalue weighted by atomic mass is 16.5. The van der Waals surface area contributed by atoms with Crippen LogP contribution in [0.5, 0.6) is 5.88 Å². The minimum atomic E-state index is 0.244. The van der Waals surface area contributed by atoms with Gasteiger partial charge in [-0.2, -0.15) is 0 Å². The summed E-state index contributed by atoms with van der Waals surface area (Å²) in [5.41, 5.74) is 9.33. The Kier molecular flexibility index (Phi) is 1.96. The maximum absolute atomic E-state index is 5.85. The molecule has 0 saturated heterocycles. The van der Waals surface area contributed by atoms with Crippen molar-refractivity contribution in [3.05, 3.63) is 22.9 Å². The van der Waals surface area contributed by atoms with E-state index in [0.717, 1.165) is 30.0 Å². The van der Waals surface area contributed by atoms with E-state index >= 15 is 0 Å². The highest BCUT2D eigenvalue weighted by Crippen LogP contribution is 2.25. The number of nitrogens with two attached hydrogens (primary N) is 1. The molecule has 13 heavy (non-hydrogen) atoms. The molecule has 3 heteroatoms. The van der Waals surface area contributed by atoms with Gasteiger partial charge < -0.3 is 10.5 Å². The Hall–Kier alpha value is -1.09. The maximum Gasteiger partial charge on any atom is 0.216 e. The van der Waals surface area contributed by atoms with Crippen LogP contribution in [-0.2, 0) is 12.8 Å². The molecule has 0 spiro atoms. The largest absolute Gasteiger partial charge is 0.481 e. The van der Waals surface area contributed by atoms with Crippen molar-refractivity contribution in [1.82, 2.24) is 4.98 Å². The minimum Gasteiger partial charge on any atom is -0.481 e. The number of methoxy groups -OCH3 is 1. The van der Waals surface area contributed by atoms with Gasteiger partial charge in [0, 0.05) is 23.7 Å². The van der Waals surface area contributed by atoms with Crippen LogP contribution >= 0.6 is 0 Å². The molecule has 0 amide bonds. The second-order valence-electron chi connectivity index (χ2n) is 3.59. The summed E-state index contributed by atoms with van der Waals surface area (Å²) in [7, 11) is 1.65. The van der Waals surface area contributed by atoms with Gasteiger partial charge in [0.05, 0.1) is 7.11 Å². The topological polar surface area (TPSA) is 48.1 Å². The van der Waals surface area contributed by atoms with Crippen LogP contribution in [0.15, 0.2) is 6.07 Å². The van der Waals surface area contributed by atoms with Gasteiger partial charge in [-0.05, 0) is 25.0 Å². The molecule has 2 rings (SSSR count). The molecule has 3 nitrogen and oxygen atoms in total. The van der Waals surface area contributed by atoms with Crippen LogP contribution < -0.4 is 10.5 Å². The highest BCUT2D eigenvalue weighted by molar-refractivity contribution is 5.37. The lowest BCUT2D eigenvalue weighted by atomic mass is 10.1. The second-order valence-corrected chi connectivity index (χ2v) is 3.59. The second kappa shape index (κ2) is 3.00. The zero-order valence-electron chi connectivity index (χ0n) is 8.00. The highest BCUT2D eigenvalue weighted by Gasteiger charge is 2.20. The van der Waals surface area contributed by atoms with Crippen molar-refractivity contribution < 1.29 is 4.74 Å². The molecule has 1 unspecified atom stereocenters. The summed E-state index contributed by atoms with van der Waals surface area (Å²) in [6, 6.07) is 2.38. The SMILES string of the molecule is COc1nc2c(cc1C)CC(N)C2. The predicted molar refractivity (Wildman–Crippen MR) is 50.9 cm³/mol. The molecule has 1 aromatic heterocycles. The lowest BCUT2D eigenvalue weighted by molar-refractivity contribution is 0.393. The predicted octanol–water partition coefficient (Wildman–Crippen LogP) is 0.825. The van der Waals surface area contributed by atoms with Gasteiger partial charge in [0.25, 0.3) is 0 Å². The van der Waals surface area contributed by atoms with Crippen molar-refractivity contribution in [3.63, 3.8) is 0 Å². The number of pyridine rings is 1. The van der Waals surface area contributed by atoms with Gasteiger partial charge in [-0.1, -0.05) is 0 Å². The molecule has 1 atom stereocenters. The quantitative estimate of drug-likeness (QED) is 0.692. The van der Waals surface area contributed by atoms with E-state index in [1.165, 1.54) is 5.56 Å². The lowest BCUT2D eigenvalue weighted by Crippen LogP contribution is -2.19. The van der Waals surface area contributed by atoms with Crippen molar-refractivity contribution in [1.29, 1.82) is 0 Å². The van der Waals surface area contributed by atoms with E-state index in [1.807, 2.05) is 6.92 Å². The van der Waals surface area contributed by atoms with Gasteiger partial charge in [-0.25, -0.2) is 4.98 Å². The Morgan fingerprint density at radius 3 is 3.00 bits per heavy atom. The van der Waals surface area contributed by atoms with Crippen molar-refractivity contribution in [2.75, 3.05) is 7.11 Å².